The number of amides is 1. The summed E-state index contributed by atoms with van der Waals surface area (Å²) < 4.78 is 32.9. The number of aromatic nitrogens is 1. The quantitative estimate of drug-likeness (QED) is 0.361. The minimum absolute atomic E-state index is 0.0566. The van der Waals surface area contributed by atoms with Crippen molar-refractivity contribution in [3.63, 3.8) is 0 Å². The summed E-state index contributed by atoms with van der Waals surface area (Å²) in [5.41, 5.74) is 0.274. The summed E-state index contributed by atoms with van der Waals surface area (Å²) in [7, 11) is -2.42. The van der Waals surface area contributed by atoms with Crippen molar-refractivity contribution in [2.75, 3.05) is 31.1 Å². The van der Waals surface area contributed by atoms with Gasteiger partial charge in [-0.15, -0.1) is 6.58 Å². The van der Waals surface area contributed by atoms with Gasteiger partial charge in [-0.3, -0.25) is 13.9 Å². The number of hydrogen-bond donors (Lipinski definition) is 2. The van der Waals surface area contributed by atoms with Crippen molar-refractivity contribution in [1.29, 1.82) is 0 Å². The Morgan fingerprint density at radius 3 is 2.66 bits per heavy atom. The molecule has 168 valence electrons. The standard InChI is InChI=1S/C23H25N3O5S/c1-3-13-26(17-8-5-4-6-9-17)32(29,30)18-10-11-21-19(15-18)22(27)20(16-25-21)23(28)24-12-7-14-31-2/h3-6,8-11,15-16H,1,7,12-14H2,2H3,(H,24,28)(H,25,27). The molecule has 1 heterocycles. The summed E-state index contributed by atoms with van der Waals surface area (Å²) in [6.07, 6.45) is 3.43. The molecular formula is C23H25N3O5S. The maximum Gasteiger partial charge on any atom is 0.264 e. The molecule has 0 bridgehead atoms. The van der Waals surface area contributed by atoms with Crippen molar-refractivity contribution < 1.29 is 17.9 Å². The predicted molar refractivity (Wildman–Crippen MR) is 125 cm³/mol. The SMILES string of the molecule is C=CCN(c1ccccc1)S(=O)(=O)c1ccc2[nH]cc(C(=O)NCCCOC)c(=O)c2c1. The number of carbonyl (C=O) groups excluding carboxylic acids is 1. The van der Waals surface area contributed by atoms with Gasteiger partial charge in [-0.1, -0.05) is 24.3 Å². The molecule has 0 atom stereocenters. The number of aromatic amines is 1. The van der Waals surface area contributed by atoms with E-state index in [0.29, 0.717) is 30.8 Å². The van der Waals surface area contributed by atoms with Crippen LogP contribution in [0.2, 0.25) is 0 Å². The zero-order chi connectivity index (χ0) is 23.1. The number of carbonyl (C=O) groups is 1. The second-order valence-corrected chi connectivity index (χ2v) is 8.86. The van der Waals surface area contributed by atoms with Gasteiger partial charge in [-0.2, -0.15) is 0 Å². The number of nitrogens with zero attached hydrogens (tertiary/aromatic N) is 1. The van der Waals surface area contributed by atoms with Crippen LogP contribution < -0.4 is 15.1 Å². The molecule has 0 saturated carbocycles. The first-order valence-corrected chi connectivity index (χ1v) is 11.5. The van der Waals surface area contributed by atoms with Crippen molar-refractivity contribution in [2.24, 2.45) is 0 Å². The molecule has 0 aliphatic heterocycles. The van der Waals surface area contributed by atoms with Crippen LogP contribution in [0.5, 0.6) is 0 Å². The molecule has 0 saturated heterocycles. The Labute approximate surface area is 186 Å². The minimum Gasteiger partial charge on any atom is -0.385 e. The number of para-hydroxylation sites is 1. The van der Waals surface area contributed by atoms with Crippen molar-refractivity contribution in [2.45, 2.75) is 11.3 Å². The highest BCUT2D eigenvalue weighted by atomic mass is 32.2. The number of H-pyrrole nitrogens is 1. The summed E-state index contributed by atoms with van der Waals surface area (Å²) in [5.74, 6) is -0.532. The van der Waals surface area contributed by atoms with Gasteiger partial charge in [0.1, 0.15) is 5.56 Å². The Bertz CT molecular complexity index is 1270. The largest absolute Gasteiger partial charge is 0.385 e. The van der Waals surface area contributed by atoms with Crippen molar-refractivity contribution >= 4 is 32.5 Å². The number of ether oxygens (including phenoxy) is 1. The zero-order valence-electron chi connectivity index (χ0n) is 17.7. The van der Waals surface area contributed by atoms with E-state index in [1.165, 1.54) is 34.8 Å². The van der Waals surface area contributed by atoms with Gasteiger partial charge in [0.2, 0.25) is 5.43 Å². The molecule has 8 nitrogen and oxygen atoms in total. The fourth-order valence-corrected chi connectivity index (χ4v) is 4.68. The third-order valence-corrected chi connectivity index (χ3v) is 6.62. The number of pyridine rings is 1. The van der Waals surface area contributed by atoms with Gasteiger partial charge >= 0.3 is 0 Å². The van der Waals surface area contributed by atoms with Gasteiger partial charge in [-0.05, 0) is 36.8 Å². The lowest BCUT2D eigenvalue weighted by atomic mass is 10.1. The average Bonchev–Trinajstić information content (AvgIpc) is 2.80. The van der Waals surface area contributed by atoms with Gasteiger partial charge in [-0.25, -0.2) is 8.42 Å². The first-order chi connectivity index (χ1) is 15.4. The lowest BCUT2D eigenvalue weighted by molar-refractivity contribution is 0.0947. The van der Waals surface area contributed by atoms with Gasteiger partial charge in [0.15, 0.2) is 0 Å². The molecule has 32 heavy (non-hydrogen) atoms. The molecule has 9 heteroatoms. The van der Waals surface area contributed by atoms with Gasteiger partial charge in [0.05, 0.1) is 17.1 Å². The normalized spacial score (nSPS) is 11.3. The molecule has 0 spiro atoms. The van der Waals surface area contributed by atoms with Crippen LogP contribution in [0.25, 0.3) is 10.9 Å². The smallest absolute Gasteiger partial charge is 0.264 e. The molecule has 3 aromatic rings. The molecule has 0 unspecified atom stereocenters. The maximum absolute atomic E-state index is 13.4. The number of methoxy groups -OCH3 is 1. The second kappa shape index (κ2) is 10.3. The number of hydrogen-bond acceptors (Lipinski definition) is 5. The Kier molecular flexibility index (Phi) is 7.45. The Balaban J connectivity index is 2.00. The molecule has 2 aromatic carbocycles. The fourth-order valence-electron chi connectivity index (χ4n) is 3.22. The van der Waals surface area contributed by atoms with Gasteiger partial charge in [0.25, 0.3) is 15.9 Å². The third kappa shape index (κ3) is 4.90. The van der Waals surface area contributed by atoms with Crippen molar-refractivity contribution in [1.82, 2.24) is 10.3 Å². The maximum atomic E-state index is 13.4. The van der Waals surface area contributed by atoms with Crippen LogP contribution in [0.3, 0.4) is 0 Å². The second-order valence-electron chi connectivity index (χ2n) is 7.00. The van der Waals surface area contributed by atoms with Gasteiger partial charge < -0.3 is 15.0 Å². The van der Waals surface area contributed by atoms with Gasteiger partial charge in [0, 0.05) is 37.4 Å². The average molecular weight is 456 g/mol. The summed E-state index contributed by atoms with van der Waals surface area (Å²) in [6, 6.07) is 12.9. The minimum atomic E-state index is -3.98. The monoisotopic (exact) mass is 455 g/mol. The molecule has 0 radical (unpaired) electrons. The highest BCUT2D eigenvalue weighted by Crippen LogP contribution is 2.25. The molecule has 2 N–H and O–H groups in total. The summed E-state index contributed by atoms with van der Waals surface area (Å²) in [6.45, 7) is 4.55. The van der Waals surface area contributed by atoms with Crippen molar-refractivity contribution in [3.8, 4) is 0 Å². The number of fused-ring (bicyclic) bond motifs is 1. The summed E-state index contributed by atoms with van der Waals surface area (Å²) >= 11 is 0. The third-order valence-electron chi connectivity index (χ3n) is 4.83. The molecule has 0 aliphatic carbocycles. The van der Waals surface area contributed by atoms with E-state index in [9.17, 15) is 18.0 Å². The lowest BCUT2D eigenvalue weighted by Crippen LogP contribution is -2.31. The zero-order valence-corrected chi connectivity index (χ0v) is 18.5. The lowest BCUT2D eigenvalue weighted by Gasteiger charge is -2.23. The molecule has 0 aliphatic rings. The Morgan fingerprint density at radius 2 is 1.97 bits per heavy atom. The predicted octanol–water partition coefficient (Wildman–Crippen LogP) is 2.68. The molecule has 3 rings (SSSR count). The van der Waals surface area contributed by atoms with Crippen LogP contribution in [0.1, 0.15) is 16.8 Å². The van der Waals surface area contributed by atoms with E-state index in [2.05, 4.69) is 16.9 Å². The van der Waals surface area contributed by atoms with E-state index in [-0.39, 0.29) is 22.4 Å². The Morgan fingerprint density at radius 1 is 1.22 bits per heavy atom. The summed E-state index contributed by atoms with van der Waals surface area (Å²) in [5, 5.41) is 2.78. The first kappa shape index (κ1) is 23.2. The van der Waals surface area contributed by atoms with Crippen molar-refractivity contribution in [3.05, 3.63) is 83.2 Å². The molecule has 1 amide bonds. The number of anilines is 1. The number of nitrogens with one attached hydrogen (secondary N) is 2. The van der Waals surface area contributed by atoms with E-state index in [0.717, 1.165) is 0 Å². The van der Waals surface area contributed by atoms with Crippen LogP contribution in [-0.2, 0) is 14.8 Å². The summed E-state index contributed by atoms with van der Waals surface area (Å²) in [4.78, 5) is 28.2. The van der Waals surface area contributed by atoms with Crippen LogP contribution in [-0.4, -0.2) is 46.1 Å². The van der Waals surface area contributed by atoms with E-state index in [1.807, 2.05) is 0 Å². The molecule has 0 fully saturated rings. The van der Waals surface area contributed by atoms with Crippen LogP contribution >= 0.6 is 0 Å². The highest BCUT2D eigenvalue weighted by molar-refractivity contribution is 7.92. The fraction of sp³-hybridized carbons (Fsp3) is 0.217. The van der Waals surface area contributed by atoms with Crippen LogP contribution in [0.4, 0.5) is 5.69 Å². The van der Waals surface area contributed by atoms with Crippen LogP contribution in [0.15, 0.2) is 77.1 Å². The highest BCUT2D eigenvalue weighted by Gasteiger charge is 2.25. The van der Waals surface area contributed by atoms with E-state index in [1.54, 1.807) is 37.4 Å². The van der Waals surface area contributed by atoms with E-state index < -0.39 is 21.4 Å². The Hall–Kier alpha value is -3.43. The van der Waals surface area contributed by atoms with E-state index >= 15 is 0 Å². The number of benzene rings is 2. The van der Waals surface area contributed by atoms with E-state index in [4.69, 9.17) is 4.74 Å². The topological polar surface area (TPSA) is 109 Å². The molecular weight excluding hydrogens is 430 g/mol. The first-order valence-electron chi connectivity index (χ1n) is 10.0. The number of rotatable bonds is 10. The van der Waals surface area contributed by atoms with Crippen LogP contribution in [0, 0.1) is 0 Å². The molecule has 1 aromatic heterocycles. The number of sulfonamides is 1.